The number of hydrogen-bond donors (Lipinski definition) is 0. The zero-order valence-electron chi connectivity index (χ0n) is 18.7. The van der Waals surface area contributed by atoms with E-state index in [4.69, 9.17) is 9.47 Å². The van der Waals surface area contributed by atoms with Crippen molar-refractivity contribution in [2.45, 2.75) is 96.9 Å². The Hall–Kier alpha value is -1.02. The topological polar surface area (TPSA) is 18.5 Å². The Morgan fingerprint density at radius 1 is 0.931 bits per heavy atom. The standard InChI is InChI=1S/C27H40O2/c1-4-6-7-25(28-22-12-10-18(11-13-22)17(3)5-2)29-24-16-21-15-23(24)27-20-9-8-19(14-20)26(21)27/h10-13,17,19-21,23-27H,4-9,14-16H2,1-3H3. The van der Waals surface area contributed by atoms with Crippen molar-refractivity contribution in [2.75, 3.05) is 0 Å². The van der Waals surface area contributed by atoms with Gasteiger partial charge in [0.2, 0.25) is 0 Å². The monoisotopic (exact) mass is 396 g/mol. The van der Waals surface area contributed by atoms with Crippen LogP contribution in [0.25, 0.3) is 0 Å². The molecule has 0 radical (unpaired) electrons. The molecule has 0 spiro atoms. The van der Waals surface area contributed by atoms with Crippen molar-refractivity contribution < 1.29 is 9.47 Å². The highest BCUT2D eigenvalue weighted by Crippen LogP contribution is 2.67. The molecule has 4 bridgehead atoms. The van der Waals surface area contributed by atoms with E-state index in [1.807, 2.05) is 0 Å². The van der Waals surface area contributed by atoms with Crippen LogP contribution in [0.2, 0.25) is 0 Å². The average Bonchev–Trinajstić information content (AvgIpc) is 3.51. The summed E-state index contributed by atoms with van der Waals surface area (Å²) in [6.45, 7) is 6.80. The van der Waals surface area contributed by atoms with Crippen LogP contribution in [-0.4, -0.2) is 12.4 Å². The van der Waals surface area contributed by atoms with E-state index in [9.17, 15) is 0 Å². The Morgan fingerprint density at radius 3 is 2.41 bits per heavy atom. The Labute approximate surface area is 177 Å². The highest BCUT2D eigenvalue weighted by molar-refractivity contribution is 5.29. The Bertz CT molecular complexity index is 682. The quantitative estimate of drug-likeness (QED) is 0.325. The predicted molar refractivity (Wildman–Crippen MR) is 118 cm³/mol. The van der Waals surface area contributed by atoms with Crippen LogP contribution >= 0.6 is 0 Å². The SMILES string of the molecule is CCCCC(Oc1ccc(C(C)CC)cc1)OC1CC2CC1C1C3CCC(C3)C21. The number of benzene rings is 1. The van der Waals surface area contributed by atoms with Gasteiger partial charge in [-0.1, -0.05) is 39.3 Å². The summed E-state index contributed by atoms with van der Waals surface area (Å²) in [5.41, 5.74) is 1.40. The zero-order chi connectivity index (χ0) is 20.0. The zero-order valence-corrected chi connectivity index (χ0v) is 18.7. The third kappa shape index (κ3) is 3.64. The molecular formula is C27H40O2. The van der Waals surface area contributed by atoms with Gasteiger partial charge in [0.25, 0.3) is 0 Å². The molecule has 4 aliphatic rings. The van der Waals surface area contributed by atoms with E-state index < -0.39 is 0 Å². The van der Waals surface area contributed by atoms with Crippen LogP contribution in [0.1, 0.15) is 90.0 Å². The van der Waals surface area contributed by atoms with Gasteiger partial charge in [-0.2, -0.15) is 0 Å². The molecule has 5 rings (SSSR count). The molecule has 2 heteroatoms. The minimum absolute atomic E-state index is 0.0780. The fourth-order valence-electron chi connectivity index (χ4n) is 7.64. The summed E-state index contributed by atoms with van der Waals surface area (Å²) in [6, 6.07) is 8.77. The van der Waals surface area contributed by atoms with Crippen LogP contribution in [0.3, 0.4) is 0 Å². The van der Waals surface area contributed by atoms with Gasteiger partial charge < -0.3 is 9.47 Å². The van der Waals surface area contributed by atoms with Crippen molar-refractivity contribution in [3.8, 4) is 5.75 Å². The fraction of sp³-hybridized carbons (Fsp3) is 0.778. The summed E-state index contributed by atoms with van der Waals surface area (Å²) >= 11 is 0. The number of unbranched alkanes of at least 4 members (excludes halogenated alkanes) is 1. The highest BCUT2D eigenvalue weighted by Gasteiger charge is 2.62. The van der Waals surface area contributed by atoms with E-state index in [0.29, 0.717) is 12.0 Å². The lowest BCUT2D eigenvalue weighted by molar-refractivity contribution is -0.150. The second-order valence-corrected chi connectivity index (χ2v) is 10.6. The predicted octanol–water partition coefficient (Wildman–Crippen LogP) is 7.18. The van der Waals surface area contributed by atoms with Crippen LogP contribution in [-0.2, 0) is 4.74 Å². The van der Waals surface area contributed by atoms with E-state index in [2.05, 4.69) is 45.0 Å². The number of rotatable bonds is 9. The van der Waals surface area contributed by atoms with E-state index >= 15 is 0 Å². The minimum atomic E-state index is -0.0780. The third-order valence-electron chi connectivity index (χ3n) is 9.12. The molecule has 29 heavy (non-hydrogen) atoms. The third-order valence-corrected chi connectivity index (χ3v) is 9.12. The van der Waals surface area contributed by atoms with Crippen LogP contribution < -0.4 is 4.74 Å². The number of hydrogen-bond acceptors (Lipinski definition) is 2. The Morgan fingerprint density at radius 2 is 1.69 bits per heavy atom. The normalized spacial score (nSPS) is 38.9. The van der Waals surface area contributed by atoms with Crippen molar-refractivity contribution in [3.05, 3.63) is 29.8 Å². The lowest BCUT2D eigenvalue weighted by atomic mass is 9.70. The summed E-state index contributed by atoms with van der Waals surface area (Å²) in [5, 5.41) is 0. The van der Waals surface area contributed by atoms with Gasteiger partial charge >= 0.3 is 0 Å². The summed E-state index contributed by atoms with van der Waals surface area (Å²) < 4.78 is 13.1. The molecule has 160 valence electrons. The molecule has 4 fully saturated rings. The minimum Gasteiger partial charge on any atom is -0.465 e. The number of ether oxygens (including phenoxy) is 2. The molecule has 0 heterocycles. The molecule has 0 aliphatic heterocycles. The van der Waals surface area contributed by atoms with Gasteiger partial charge in [-0.3, -0.25) is 0 Å². The molecule has 1 aromatic carbocycles. The summed E-state index contributed by atoms with van der Waals surface area (Å²) in [4.78, 5) is 0. The molecular weight excluding hydrogens is 356 g/mol. The van der Waals surface area contributed by atoms with E-state index in [-0.39, 0.29) is 6.29 Å². The van der Waals surface area contributed by atoms with Crippen molar-refractivity contribution in [1.29, 1.82) is 0 Å². The van der Waals surface area contributed by atoms with Gasteiger partial charge in [-0.25, -0.2) is 0 Å². The van der Waals surface area contributed by atoms with Crippen molar-refractivity contribution in [2.24, 2.45) is 35.5 Å². The highest BCUT2D eigenvalue weighted by atomic mass is 16.7. The molecule has 4 aliphatic carbocycles. The molecule has 0 N–H and O–H groups in total. The molecule has 0 amide bonds. The van der Waals surface area contributed by atoms with Gasteiger partial charge in [0, 0.05) is 6.42 Å². The Kier molecular flexibility index (Phi) is 5.67. The molecule has 9 atom stereocenters. The lowest BCUT2D eigenvalue weighted by Crippen LogP contribution is -2.39. The van der Waals surface area contributed by atoms with Gasteiger partial charge in [-0.15, -0.1) is 0 Å². The van der Waals surface area contributed by atoms with E-state index in [0.717, 1.165) is 47.7 Å². The van der Waals surface area contributed by atoms with Gasteiger partial charge in [0.15, 0.2) is 6.29 Å². The summed E-state index contributed by atoms with van der Waals surface area (Å²) in [7, 11) is 0. The molecule has 0 saturated heterocycles. The summed E-state index contributed by atoms with van der Waals surface area (Å²) in [5.74, 6) is 7.49. The number of fused-ring (bicyclic) bond motifs is 9. The lowest BCUT2D eigenvalue weighted by Gasteiger charge is -2.39. The van der Waals surface area contributed by atoms with Crippen LogP contribution in [0.4, 0.5) is 0 Å². The smallest absolute Gasteiger partial charge is 0.200 e. The van der Waals surface area contributed by atoms with Crippen molar-refractivity contribution in [3.63, 3.8) is 0 Å². The van der Waals surface area contributed by atoms with Crippen LogP contribution in [0.15, 0.2) is 24.3 Å². The maximum atomic E-state index is 6.74. The van der Waals surface area contributed by atoms with Crippen molar-refractivity contribution in [1.82, 2.24) is 0 Å². The van der Waals surface area contributed by atoms with Crippen molar-refractivity contribution >= 4 is 0 Å². The Balaban J connectivity index is 1.24. The average molecular weight is 397 g/mol. The van der Waals surface area contributed by atoms with E-state index in [1.54, 1.807) is 0 Å². The largest absolute Gasteiger partial charge is 0.465 e. The van der Waals surface area contributed by atoms with E-state index in [1.165, 1.54) is 56.9 Å². The second-order valence-electron chi connectivity index (χ2n) is 10.6. The maximum absolute atomic E-state index is 6.74. The fourth-order valence-corrected chi connectivity index (χ4v) is 7.64. The van der Waals surface area contributed by atoms with Gasteiger partial charge in [-0.05, 0) is 104 Å². The molecule has 9 unspecified atom stereocenters. The summed E-state index contributed by atoms with van der Waals surface area (Å²) in [6.07, 6.45) is 12.2. The first kappa shape index (κ1) is 19.9. The molecule has 1 aromatic rings. The molecule has 0 aromatic heterocycles. The first-order chi connectivity index (χ1) is 14.2. The molecule has 2 nitrogen and oxygen atoms in total. The second kappa shape index (κ2) is 8.25. The molecule has 4 saturated carbocycles. The van der Waals surface area contributed by atoms with Gasteiger partial charge in [0.1, 0.15) is 5.75 Å². The van der Waals surface area contributed by atoms with Crippen LogP contribution in [0.5, 0.6) is 5.75 Å². The first-order valence-corrected chi connectivity index (χ1v) is 12.6. The van der Waals surface area contributed by atoms with Crippen LogP contribution in [0, 0.1) is 35.5 Å². The first-order valence-electron chi connectivity index (χ1n) is 12.6. The maximum Gasteiger partial charge on any atom is 0.200 e. The van der Waals surface area contributed by atoms with Gasteiger partial charge in [0.05, 0.1) is 6.10 Å².